The summed E-state index contributed by atoms with van der Waals surface area (Å²) in [6.45, 7) is 3.96. The number of hydrogen-bond acceptors (Lipinski definition) is 5. The molecule has 0 atom stereocenters. The van der Waals surface area contributed by atoms with Gasteiger partial charge in [-0.2, -0.15) is 5.26 Å². The minimum absolute atomic E-state index is 0.128. The van der Waals surface area contributed by atoms with Crippen molar-refractivity contribution in [2.45, 2.75) is 20.0 Å². The first-order chi connectivity index (χ1) is 13.5. The number of nitrogens with one attached hydrogen (secondary N) is 2. The van der Waals surface area contributed by atoms with Crippen LogP contribution in [0.3, 0.4) is 0 Å². The topological polar surface area (TPSA) is 87.0 Å². The molecule has 0 saturated carbocycles. The van der Waals surface area contributed by atoms with Gasteiger partial charge in [-0.3, -0.25) is 4.79 Å². The number of nitrogens with zero attached hydrogens (tertiary/aromatic N) is 2. The second-order valence-electron chi connectivity index (χ2n) is 6.39. The average molecular weight is 372 g/mol. The summed E-state index contributed by atoms with van der Waals surface area (Å²) in [4.78, 5) is 16.6. The summed E-state index contributed by atoms with van der Waals surface area (Å²) in [5.74, 6) is 1.18. The van der Waals surface area contributed by atoms with Gasteiger partial charge in [-0.15, -0.1) is 0 Å². The van der Waals surface area contributed by atoms with Crippen LogP contribution in [0.4, 0.5) is 17.2 Å². The highest BCUT2D eigenvalue weighted by molar-refractivity contribution is 6.04. The van der Waals surface area contributed by atoms with Crippen LogP contribution in [0.2, 0.25) is 0 Å². The van der Waals surface area contributed by atoms with Crippen LogP contribution in [0.25, 0.3) is 0 Å². The van der Waals surface area contributed by atoms with Crippen molar-refractivity contribution in [2.75, 3.05) is 10.6 Å². The maximum atomic E-state index is 12.3. The van der Waals surface area contributed by atoms with Crippen LogP contribution in [0.5, 0.6) is 5.75 Å². The second kappa shape index (κ2) is 8.69. The molecule has 1 amide bonds. The van der Waals surface area contributed by atoms with Gasteiger partial charge in [-0.05, 0) is 74.5 Å². The molecule has 2 aromatic carbocycles. The Bertz CT molecular complexity index is 973. The Morgan fingerprint density at radius 2 is 1.68 bits per heavy atom. The van der Waals surface area contributed by atoms with Gasteiger partial charge in [0.2, 0.25) is 0 Å². The molecule has 0 fully saturated rings. The summed E-state index contributed by atoms with van der Waals surface area (Å²) in [6.07, 6.45) is 1.64. The zero-order valence-corrected chi connectivity index (χ0v) is 15.6. The number of amides is 1. The molecule has 0 radical (unpaired) electrons. The van der Waals surface area contributed by atoms with Crippen LogP contribution in [0.1, 0.15) is 29.8 Å². The Morgan fingerprint density at radius 3 is 2.25 bits per heavy atom. The largest absolute Gasteiger partial charge is 0.491 e. The molecule has 0 bridgehead atoms. The van der Waals surface area contributed by atoms with Gasteiger partial charge in [0.05, 0.1) is 23.3 Å². The number of nitriles is 1. The van der Waals surface area contributed by atoms with E-state index in [-0.39, 0.29) is 12.0 Å². The fourth-order valence-corrected chi connectivity index (χ4v) is 2.47. The van der Waals surface area contributed by atoms with E-state index in [1.54, 1.807) is 36.4 Å². The zero-order valence-electron chi connectivity index (χ0n) is 15.6. The Balaban J connectivity index is 1.60. The molecule has 3 aromatic rings. The predicted molar refractivity (Wildman–Crippen MR) is 109 cm³/mol. The van der Waals surface area contributed by atoms with Crippen LogP contribution in [-0.2, 0) is 0 Å². The van der Waals surface area contributed by atoms with Crippen LogP contribution in [0.15, 0.2) is 66.9 Å². The fraction of sp³-hybridized carbons (Fsp3) is 0.136. The van der Waals surface area contributed by atoms with Gasteiger partial charge in [0.15, 0.2) is 0 Å². The molecule has 6 nitrogen and oxygen atoms in total. The first-order valence-corrected chi connectivity index (χ1v) is 8.85. The molecule has 0 unspecified atom stereocenters. The second-order valence-corrected chi connectivity index (χ2v) is 6.39. The first kappa shape index (κ1) is 18.9. The number of benzene rings is 2. The monoisotopic (exact) mass is 372 g/mol. The average Bonchev–Trinajstić information content (AvgIpc) is 2.70. The third kappa shape index (κ3) is 5.08. The fourth-order valence-electron chi connectivity index (χ4n) is 2.47. The number of carbonyl (C=O) groups is 1. The Kier molecular flexibility index (Phi) is 5.87. The van der Waals surface area contributed by atoms with Gasteiger partial charge in [0.25, 0.3) is 5.91 Å². The standard InChI is InChI=1S/C22H20N4O2/c1-15(2)28-20-10-8-18(9-11-20)25-21-12-5-17(14-24-21)22(27)26-19-6-3-16(13-23)4-7-19/h3-12,14-15H,1-2H3,(H,24,25)(H,26,27). The molecule has 140 valence electrons. The van der Waals surface area contributed by atoms with Crippen molar-refractivity contribution in [3.05, 3.63) is 78.0 Å². The van der Waals surface area contributed by atoms with Gasteiger partial charge >= 0.3 is 0 Å². The normalized spacial score (nSPS) is 10.2. The van der Waals surface area contributed by atoms with E-state index in [4.69, 9.17) is 10.00 Å². The highest BCUT2D eigenvalue weighted by Crippen LogP contribution is 2.20. The lowest BCUT2D eigenvalue weighted by atomic mass is 10.2. The van der Waals surface area contributed by atoms with E-state index in [0.29, 0.717) is 22.6 Å². The van der Waals surface area contributed by atoms with E-state index in [2.05, 4.69) is 15.6 Å². The summed E-state index contributed by atoms with van der Waals surface area (Å²) in [7, 11) is 0. The van der Waals surface area contributed by atoms with E-state index in [9.17, 15) is 4.79 Å². The minimum atomic E-state index is -0.265. The van der Waals surface area contributed by atoms with Gasteiger partial charge in [-0.25, -0.2) is 4.98 Å². The van der Waals surface area contributed by atoms with Crippen molar-refractivity contribution in [2.24, 2.45) is 0 Å². The summed E-state index contributed by atoms with van der Waals surface area (Å²) in [6, 6.07) is 19.8. The van der Waals surface area contributed by atoms with E-state index in [1.807, 2.05) is 44.2 Å². The van der Waals surface area contributed by atoms with Crippen molar-refractivity contribution >= 4 is 23.1 Å². The SMILES string of the molecule is CC(C)Oc1ccc(Nc2ccc(C(=O)Nc3ccc(C#N)cc3)cn2)cc1. The lowest BCUT2D eigenvalue weighted by molar-refractivity contribution is 0.102. The molecular formula is C22H20N4O2. The zero-order chi connectivity index (χ0) is 19.9. The van der Waals surface area contributed by atoms with Crippen molar-refractivity contribution in [1.82, 2.24) is 4.98 Å². The van der Waals surface area contributed by atoms with Crippen LogP contribution >= 0.6 is 0 Å². The maximum absolute atomic E-state index is 12.3. The summed E-state index contributed by atoms with van der Waals surface area (Å²) in [5.41, 5.74) is 2.47. The molecule has 2 N–H and O–H groups in total. The molecule has 0 aliphatic heterocycles. The third-order valence-electron chi connectivity index (χ3n) is 3.80. The number of pyridine rings is 1. The molecule has 6 heteroatoms. The summed E-state index contributed by atoms with van der Waals surface area (Å²) in [5, 5.41) is 14.8. The molecule has 28 heavy (non-hydrogen) atoms. The number of aromatic nitrogens is 1. The first-order valence-electron chi connectivity index (χ1n) is 8.85. The van der Waals surface area contributed by atoms with Gasteiger partial charge in [-0.1, -0.05) is 0 Å². The third-order valence-corrected chi connectivity index (χ3v) is 3.80. The van der Waals surface area contributed by atoms with E-state index in [0.717, 1.165) is 11.4 Å². The number of rotatable bonds is 6. The molecule has 0 saturated heterocycles. The number of ether oxygens (including phenoxy) is 1. The Hall–Kier alpha value is -3.85. The minimum Gasteiger partial charge on any atom is -0.491 e. The maximum Gasteiger partial charge on any atom is 0.257 e. The molecule has 3 rings (SSSR count). The van der Waals surface area contributed by atoms with Crippen LogP contribution in [0, 0.1) is 11.3 Å². The summed E-state index contributed by atoms with van der Waals surface area (Å²) >= 11 is 0. The lowest BCUT2D eigenvalue weighted by Crippen LogP contribution is -2.12. The van der Waals surface area contributed by atoms with Crippen molar-refractivity contribution in [3.63, 3.8) is 0 Å². The highest BCUT2D eigenvalue weighted by Gasteiger charge is 2.07. The van der Waals surface area contributed by atoms with E-state index < -0.39 is 0 Å². The van der Waals surface area contributed by atoms with Crippen LogP contribution in [-0.4, -0.2) is 17.0 Å². The molecule has 0 spiro atoms. The lowest BCUT2D eigenvalue weighted by Gasteiger charge is -2.11. The number of anilines is 3. The van der Waals surface area contributed by atoms with Crippen molar-refractivity contribution in [3.8, 4) is 11.8 Å². The predicted octanol–water partition coefficient (Wildman–Crippen LogP) is 4.74. The van der Waals surface area contributed by atoms with Gasteiger partial charge in [0.1, 0.15) is 11.6 Å². The molecule has 0 aliphatic rings. The summed E-state index contributed by atoms with van der Waals surface area (Å²) < 4.78 is 5.62. The molecule has 1 heterocycles. The van der Waals surface area contributed by atoms with Gasteiger partial charge < -0.3 is 15.4 Å². The smallest absolute Gasteiger partial charge is 0.257 e. The molecule has 0 aliphatic carbocycles. The van der Waals surface area contributed by atoms with Crippen LogP contribution < -0.4 is 15.4 Å². The Morgan fingerprint density at radius 1 is 1.00 bits per heavy atom. The van der Waals surface area contributed by atoms with E-state index >= 15 is 0 Å². The van der Waals surface area contributed by atoms with Crippen molar-refractivity contribution in [1.29, 1.82) is 5.26 Å². The molecule has 1 aromatic heterocycles. The highest BCUT2D eigenvalue weighted by atomic mass is 16.5. The van der Waals surface area contributed by atoms with E-state index in [1.165, 1.54) is 6.20 Å². The van der Waals surface area contributed by atoms with Crippen molar-refractivity contribution < 1.29 is 9.53 Å². The molecular weight excluding hydrogens is 352 g/mol. The number of carbonyl (C=O) groups excluding carboxylic acids is 1. The Labute approximate surface area is 163 Å². The number of hydrogen-bond donors (Lipinski definition) is 2. The quantitative estimate of drug-likeness (QED) is 0.653. The van der Waals surface area contributed by atoms with Gasteiger partial charge in [0, 0.05) is 17.6 Å².